The largest absolute Gasteiger partial charge is 0.355 e. The Bertz CT molecular complexity index is 604. The second-order valence-corrected chi connectivity index (χ2v) is 6.09. The molecular formula is C15H18BrN5. The van der Waals surface area contributed by atoms with Crippen molar-refractivity contribution in [3.63, 3.8) is 0 Å². The van der Waals surface area contributed by atoms with Crippen molar-refractivity contribution in [1.82, 2.24) is 15.0 Å². The number of nitrogens with one attached hydrogen (secondary N) is 1. The van der Waals surface area contributed by atoms with Gasteiger partial charge in [0.05, 0.1) is 5.69 Å². The SMILES string of the molecule is Cc1nc(N2CCCC(Nc3ncccn3)C2)ccc1Br. The van der Waals surface area contributed by atoms with E-state index in [1.807, 2.05) is 13.0 Å². The lowest BCUT2D eigenvalue weighted by atomic mass is 10.1. The van der Waals surface area contributed by atoms with E-state index in [1.54, 1.807) is 12.4 Å². The van der Waals surface area contributed by atoms with Crippen molar-refractivity contribution < 1.29 is 0 Å². The highest BCUT2D eigenvalue weighted by atomic mass is 79.9. The van der Waals surface area contributed by atoms with Crippen LogP contribution < -0.4 is 10.2 Å². The first-order chi connectivity index (χ1) is 10.2. The van der Waals surface area contributed by atoms with Crippen LogP contribution in [0.1, 0.15) is 18.5 Å². The number of nitrogens with zero attached hydrogens (tertiary/aromatic N) is 4. The summed E-state index contributed by atoms with van der Waals surface area (Å²) in [5, 5.41) is 3.41. The number of aromatic nitrogens is 3. The Hall–Kier alpha value is -1.69. The third kappa shape index (κ3) is 3.50. The smallest absolute Gasteiger partial charge is 0.222 e. The molecule has 6 heteroatoms. The molecule has 2 aromatic rings. The minimum Gasteiger partial charge on any atom is -0.355 e. The van der Waals surface area contributed by atoms with E-state index in [0.717, 1.165) is 41.9 Å². The number of rotatable bonds is 3. The van der Waals surface area contributed by atoms with Crippen molar-refractivity contribution in [2.45, 2.75) is 25.8 Å². The molecule has 1 fully saturated rings. The molecule has 21 heavy (non-hydrogen) atoms. The van der Waals surface area contributed by atoms with Gasteiger partial charge in [-0.1, -0.05) is 0 Å². The van der Waals surface area contributed by atoms with E-state index in [1.165, 1.54) is 0 Å². The van der Waals surface area contributed by atoms with Gasteiger partial charge in [0.25, 0.3) is 0 Å². The van der Waals surface area contributed by atoms with Crippen molar-refractivity contribution >= 4 is 27.7 Å². The van der Waals surface area contributed by atoms with Crippen molar-refractivity contribution in [2.75, 3.05) is 23.3 Å². The fourth-order valence-corrected chi connectivity index (χ4v) is 2.79. The van der Waals surface area contributed by atoms with Crippen molar-refractivity contribution in [1.29, 1.82) is 0 Å². The molecule has 0 aromatic carbocycles. The van der Waals surface area contributed by atoms with Gasteiger partial charge in [0.15, 0.2) is 0 Å². The van der Waals surface area contributed by atoms with Crippen LogP contribution in [0.3, 0.4) is 0 Å². The molecule has 1 saturated heterocycles. The number of hydrogen-bond acceptors (Lipinski definition) is 5. The molecule has 0 bridgehead atoms. The monoisotopic (exact) mass is 347 g/mol. The molecule has 0 saturated carbocycles. The molecule has 1 aliphatic rings. The zero-order valence-electron chi connectivity index (χ0n) is 12.0. The second kappa shape index (κ2) is 6.39. The highest BCUT2D eigenvalue weighted by molar-refractivity contribution is 9.10. The summed E-state index contributed by atoms with van der Waals surface area (Å²) >= 11 is 3.50. The Balaban J connectivity index is 1.69. The van der Waals surface area contributed by atoms with Gasteiger partial charge in [0, 0.05) is 36.0 Å². The number of hydrogen-bond donors (Lipinski definition) is 1. The molecule has 2 aromatic heterocycles. The number of piperidine rings is 1. The van der Waals surface area contributed by atoms with Gasteiger partial charge < -0.3 is 10.2 Å². The van der Waals surface area contributed by atoms with Crippen LogP contribution in [-0.2, 0) is 0 Å². The van der Waals surface area contributed by atoms with Gasteiger partial charge >= 0.3 is 0 Å². The topological polar surface area (TPSA) is 53.9 Å². The van der Waals surface area contributed by atoms with Crippen LogP contribution in [0.25, 0.3) is 0 Å². The van der Waals surface area contributed by atoms with Gasteiger partial charge in [-0.2, -0.15) is 0 Å². The van der Waals surface area contributed by atoms with E-state index in [9.17, 15) is 0 Å². The molecule has 0 aliphatic carbocycles. The molecule has 3 heterocycles. The minimum atomic E-state index is 0.354. The van der Waals surface area contributed by atoms with Crippen molar-refractivity contribution in [3.05, 3.63) is 40.8 Å². The molecule has 110 valence electrons. The van der Waals surface area contributed by atoms with E-state index in [-0.39, 0.29) is 0 Å². The average molecular weight is 348 g/mol. The lowest BCUT2D eigenvalue weighted by Crippen LogP contribution is -2.42. The van der Waals surface area contributed by atoms with Crippen molar-refractivity contribution in [2.24, 2.45) is 0 Å². The zero-order valence-corrected chi connectivity index (χ0v) is 13.5. The average Bonchev–Trinajstić information content (AvgIpc) is 2.51. The highest BCUT2D eigenvalue weighted by Gasteiger charge is 2.21. The van der Waals surface area contributed by atoms with Crippen molar-refractivity contribution in [3.8, 4) is 0 Å². The third-order valence-corrected chi connectivity index (χ3v) is 4.49. The normalized spacial score (nSPS) is 18.6. The number of halogens is 1. The lowest BCUT2D eigenvalue weighted by Gasteiger charge is -2.34. The quantitative estimate of drug-likeness (QED) is 0.924. The van der Waals surface area contributed by atoms with Gasteiger partial charge in [-0.25, -0.2) is 15.0 Å². The van der Waals surface area contributed by atoms with Crippen LogP contribution in [0.5, 0.6) is 0 Å². The standard InChI is InChI=1S/C15H18BrN5/c1-11-13(16)5-6-14(19-11)21-9-2-4-12(10-21)20-15-17-7-3-8-18-15/h3,5-8,12H,2,4,9-10H2,1H3,(H,17,18,20). The molecule has 5 nitrogen and oxygen atoms in total. The molecule has 1 aliphatic heterocycles. The molecule has 1 N–H and O–H groups in total. The molecule has 0 spiro atoms. The van der Waals surface area contributed by atoms with Crippen LogP contribution in [0, 0.1) is 6.92 Å². The maximum Gasteiger partial charge on any atom is 0.222 e. The summed E-state index contributed by atoms with van der Waals surface area (Å²) in [7, 11) is 0. The summed E-state index contributed by atoms with van der Waals surface area (Å²) in [5.41, 5.74) is 1.02. The van der Waals surface area contributed by atoms with E-state index < -0.39 is 0 Å². The predicted octanol–water partition coefficient (Wildman–Crippen LogP) is 3.02. The molecular weight excluding hydrogens is 330 g/mol. The van der Waals surface area contributed by atoms with E-state index >= 15 is 0 Å². The van der Waals surface area contributed by atoms with E-state index in [2.05, 4.69) is 53.2 Å². The summed E-state index contributed by atoms with van der Waals surface area (Å²) in [6.45, 7) is 3.99. The van der Waals surface area contributed by atoms with Crippen LogP contribution in [-0.4, -0.2) is 34.1 Å². The van der Waals surface area contributed by atoms with Gasteiger partial charge in [0.2, 0.25) is 5.95 Å². The van der Waals surface area contributed by atoms with E-state index in [0.29, 0.717) is 12.0 Å². The predicted molar refractivity (Wildman–Crippen MR) is 87.6 cm³/mol. The third-order valence-electron chi connectivity index (χ3n) is 3.65. The Morgan fingerprint density at radius 3 is 2.86 bits per heavy atom. The fraction of sp³-hybridized carbons (Fsp3) is 0.400. The van der Waals surface area contributed by atoms with Crippen LogP contribution in [0.4, 0.5) is 11.8 Å². The summed E-state index contributed by atoms with van der Waals surface area (Å²) in [6.07, 6.45) is 5.79. The minimum absolute atomic E-state index is 0.354. The first-order valence-corrected chi connectivity index (χ1v) is 7.93. The fourth-order valence-electron chi connectivity index (χ4n) is 2.57. The lowest BCUT2D eigenvalue weighted by molar-refractivity contribution is 0.524. The summed E-state index contributed by atoms with van der Waals surface area (Å²) in [5.74, 6) is 1.74. The zero-order chi connectivity index (χ0) is 14.7. The van der Waals surface area contributed by atoms with Crippen LogP contribution in [0.15, 0.2) is 35.1 Å². The molecule has 0 radical (unpaired) electrons. The molecule has 3 rings (SSSR count). The first kappa shape index (κ1) is 14.3. The summed E-state index contributed by atoms with van der Waals surface area (Å²) in [6, 6.07) is 6.31. The van der Waals surface area contributed by atoms with Crippen LogP contribution in [0.2, 0.25) is 0 Å². The Kier molecular flexibility index (Phi) is 4.34. The second-order valence-electron chi connectivity index (χ2n) is 5.24. The van der Waals surface area contributed by atoms with Crippen LogP contribution >= 0.6 is 15.9 Å². The summed E-state index contributed by atoms with van der Waals surface area (Å²) < 4.78 is 1.05. The molecule has 0 amide bonds. The maximum absolute atomic E-state index is 4.66. The van der Waals surface area contributed by atoms with Gasteiger partial charge in [-0.05, 0) is 53.9 Å². The molecule has 1 unspecified atom stereocenters. The van der Waals surface area contributed by atoms with Gasteiger partial charge in [-0.3, -0.25) is 0 Å². The van der Waals surface area contributed by atoms with E-state index in [4.69, 9.17) is 0 Å². The Morgan fingerprint density at radius 2 is 2.10 bits per heavy atom. The maximum atomic E-state index is 4.66. The van der Waals surface area contributed by atoms with Gasteiger partial charge in [-0.15, -0.1) is 0 Å². The number of pyridine rings is 1. The Labute approximate surface area is 133 Å². The summed E-state index contributed by atoms with van der Waals surface area (Å²) in [4.78, 5) is 15.4. The number of aryl methyl sites for hydroxylation is 1. The first-order valence-electron chi connectivity index (χ1n) is 7.14. The van der Waals surface area contributed by atoms with Gasteiger partial charge in [0.1, 0.15) is 5.82 Å². The molecule has 1 atom stereocenters. The number of anilines is 2. The Morgan fingerprint density at radius 1 is 1.29 bits per heavy atom. The highest BCUT2D eigenvalue weighted by Crippen LogP contribution is 2.23.